The second kappa shape index (κ2) is 8.09. The third kappa shape index (κ3) is 5.30. The van der Waals surface area contributed by atoms with Crippen LogP contribution in [0.5, 0.6) is 0 Å². The topological polar surface area (TPSA) is 151 Å². The van der Waals surface area contributed by atoms with E-state index in [4.69, 9.17) is 10.6 Å². The van der Waals surface area contributed by atoms with Gasteiger partial charge in [0, 0.05) is 17.7 Å². The summed E-state index contributed by atoms with van der Waals surface area (Å²) in [5.74, 6) is 4.36. The van der Waals surface area contributed by atoms with Crippen molar-refractivity contribution in [1.82, 2.24) is 5.43 Å². The summed E-state index contributed by atoms with van der Waals surface area (Å²) in [7, 11) is 0. The molecule has 0 aromatic heterocycles. The van der Waals surface area contributed by atoms with Gasteiger partial charge in [0.15, 0.2) is 0 Å². The number of carbonyl (C=O) groups excluding carboxylic acids is 1. The van der Waals surface area contributed by atoms with E-state index in [1.54, 1.807) is 0 Å². The Kier molecular flexibility index (Phi) is 7.21. The van der Waals surface area contributed by atoms with Crippen LogP contribution in [0.15, 0.2) is 18.2 Å². The minimum absolute atomic E-state index is 0. The van der Waals surface area contributed by atoms with E-state index in [0.717, 1.165) is 18.2 Å². The van der Waals surface area contributed by atoms with Crippen molar-refractivity contribution in [2.75, 3.05) is 0 Å². The molecule has 0 aliphatic carbocycles. The highest BCUT2D eigenvalue weighted by molar-refractivity contribution is 5.85. The summed E-state index contributed by atoms with van der Waals surface area (Å²) in [5.41, 5.74) is 1.41. The number of nitro benzene ring substituents is 2. The van der Waals surface area contributed by atoms with Gasteiger partial charge in [0.05, 0.1) is 15.9 Å². The number of hydrazine groups is 1. The molecule has 10 nitrogen and oxygen atoms in total. The predicted octanol–water partition coefficient (Wildman–Crippen LogP) is 0.820. The van der Waals surface area contributed by atoms with Crippen LogP contribution in [0.4, 0.5) is 11.4 Å². The molecular weight excluding hydrogens is 308 g/mol. The number of hydrogen-bond donors (Lipinski definition) is 2. The van der Waals surface area contributed by atoms with Gasteiger partial charge in [0.2, 0.25) is 0 Å². The summed E-state index contributed by atoms with van der Waals surface area (Å²) < 4.78 is 4.82. The molecule has 0 aliphatic heterocycles. The highest BCUT2D eigenvalue weighted by Gasteiger charge is 2.18. The lowest BCUT2D eigenvalue weighted by atomic mass is 10.2. The van der Waals surface area contributed by atoms with Crippen LogP contribution in [0.3, 0.4) is 0 Å². The Bertz CT molecular complexity index is 520. The SMILES string of the molecule is C[C@H](NN)C(=O)OCc1cc([N+](=O)[O-])cc([N+](=O)[O-])c1.Cl. The molecular formula is C10H13ClN4O6. The number of nitrogens with zero attached hydrogens (tertiary/aromatic N) is 2. The van der Waals surface area contributed by atoms with Crippen LogP contribution in [0.25, 0.3) is 0 Å². The molecule has 0 unspecified atom stereocenters. The van der Waals surface area contributed by atoms with E-state index in [2.05, 4.69) is 5.43 Å². The molecule has 0 radical (unpaired) electrons. The fraction of sp³-hybridized carbons (Fsp3) is 0.300. The first-order valence-electron chi connectivity index (χ1n) is 5.40. The van der Waals surface area contributed by atoms with Crippen molar-refractivity contribution >= 4 is 29.8 Å². The van der Waals surface area contributed by atoms with Gasteiger partial charge in [-0.05, 0) is 6.92 Å². The number of nitrogens with two attached hydrogens (primary N) is 1. The zero-order valence-corrected chi connectivity index (χ0v) is 11.7. The van der Waals surface area contributed by atoms with Gasteiger partial charge in [0.25, 0.3) is 11.4 Å². The number of esters is 1. The standard InChI is InChI=1S/C10H12N4O6.ClH/c1-6(12-11)10(15)20-5-7-2-8(13(16)17)4-9(3-7)14(18)19;/h2-4,6,12H,5,11H2,1H3;1H/t6-;/m0./s1. The van der Waals surface area contributed by atoms with Gasteiger partial charge < -0.3 is 4.74 Å². The molecule has 3 N–H and O–H groups in total. The summed E-state index contributed by atoms with van der Waals surface area (Å²) in [6, 6.07) is 2.26. The molecule has 0 aliphatic rings. The number of halogens is 1. The molecule has 11 heteroatoms. The summed E-state index contributed by atoms with van der Waals surface area (Å²) >= 11 is 0. The molecule has 0 saturated heterocycles. The van der Waals surface area contributed by atoms with E-state index in [-0.39, 0.29) is 24.6 Å². The Morgan fingerprint density at radius 2 is 1.76 bits per heavy atom. The van der Waals surface area contributed by atoms with Crippen LogP contribution >= 0.6 is 12.4 Å². The van der Waals surface area contributed by atoms with Gasteiger partial charge in [-0.2, -0.15) is 0 Å². The smallest absolute Gasteiger partial charge is 0.324 e. The molecule has 1 aromatic rings. The van der Waals surface area contributed by atoms with Crippen LogP contribution in [0, 0.1) is 20.2 Å². The van der Waals surface area contributed by atoms with Crippen molar-refractivity contribution in [3.05, 3.63) is 44.0 Å². The van der Waals surface area contributed by atoms with Crippen LogP contribution in [0.1, 0.15) is 12.5 Å². The number of benzene rings is 1. The highest BCUT2D eigenvalue weighted by Crippen LogP contribution is 2.23. The molecule has 0 fully saturated rings. The van der Waals surface area contributed by atoms with Gasteiger partial charge in [0.1, 0.15) is 12.6 Å². The average Bonchev–Trinajstić information content (AvgIpc) is 2.43. The first-order valence-corrected chi connectivity index (χ1v) is 5.40. The van der Waals surface area contributed by atoms with Crippen molar-refractivity contribution in [2.45, 2.75) is 19.6 Å². The number of nitro groups is 2. The Hall–Kier alpha value is -2.30. The lowest BCUT2D eigenvalue weighted by Crippen LogP contribution is -2.39. The summed E-state index contributed by atoms with van der Waals surface area (Å²) in [6.45, 7) is 1.13. The molecule has 0 bridgehead atoms. The molecule has 1 atom stereocenters. The Balaban J connectivity index is 0.00000400. The fourth-order valence-electron chi connectivity index (χ4n) is 1.30. The summed E-state index contributed by atoms with van der Waals surface area (Å²) in [6.07, 6.45) is 0. The highest BCUT2D eigenvalue weighted by atomic mass is 35.5. The van der Waals surface area contributed by atoms with E-state index in [0.29, 0.717) is 0 Å². The summed E-state index contributed by atoms with van der Waals surface area (Å²) in [4.78, 5) is 31.2. The Labute approximate surface area is 124 Å². The molecule has 1 aromatic carbocycles. The van der Waals surface area contributed by atoms with E-state index in [9.17, 15) is 25.0 Å². The van der Waals surface area contributed by atoms with Crippen LogP contribution in [0.2, 0.25) is 0 Å². The van der Waals surface area contributed by atoms with Crippen LogP contribution in [-0.2, 0) is 16.1 Å². The predicted molar refractivity (Wildman–Crippen MR) is 73.6 cm³/mol. The Morgan fingerprint density at radius 1 is 1.29 bits per heavy atom. The third-order valence-corrected chi connectivity index (χ3v) is 2.37. The van der Waals surface area contributed by atoms with E-state index < -0.39 is 33.2 Å². The lowest BCUT2D eigenvalue weighted by molar-refractivity contribution is -0.394. The molecule has 0 heterocycles. The number of hydrogen-bond acceptors (Lipinski definition) is 8. The van der Waals surface area contributed by atoms with Crippen LogP contribution < -0.4 is 11.3 Å². The lowest BCUT2D eigenvalue weighted by Gasteiger charge is -2.09. The molecule has 0 amide bonds. The quantitative estimate of drug-likeness (QED) is 0.338. The Morgan fingerprint density at radius 3 is 2.14 bits per heavy atom. The number of nitrogens with one attached hydrogen (secondary N) is 1. The second-order valence-electron chi connectivity index (χ2n) is 3.87. The maximum absolute atomic E-state index is 11.4. The zero-order valence-electron chi connectivity index (χ0n) is 10.8. The molecule has 116 valence electrons. The first-order chi connectivity index (χ1) is 9.35. The maximum atomic E-state index is 11.4. The van der Waals surface area contributed by atoms with Crippen molar-refractivity contribution in [1.29, 1.82) is 0 Å². The maximum Gasteiger partial charge on any atom is 0.324 e. The van der Waals surface area contributed by atoms with Gasteiger partial charge in [-0.1, -0.05) is 0 Å². The van der Waals surface area contributed by atoms with E-state index >= 15 is 0 Å². The van der Waals surface area contributed by atoms with Gasteiger partial charge in [-0.15, -0.1) is 12.4 Å². The van der Waals surface area contributed by atoms with Gasteiger partial charge in [-0.25, -0.2) is 5.43 Å². The summed E-state index contributed by atoms with van der Waals surface area (Å²) in [5, 5.41) is 21.3. The van der Waals surface area contributed by atoms with Crippen molar-refractivity contribution in [2.24, 2.45) is 5.84 Å². The fourth-order valence-corrected chi connectivity index (χ4v) is 1.30. The minimum Gasteiger partial charge on any atom is -0.460 e. The number of rotatable bonds is 6. The van der Waals surface area contributed by atoms with Crippen LogP contribution in [-0.4, -0.2) is 21.9 Å². The first kappa shape index (κ1) is 18.7. The van der Waals surface area contributed by atoms with E-state index in [1.165, 1.54) is 6.92 Å². The number of carbonyl (C=O) groups is 1. The average molecular weight is 321 g/mol. The van der Waals surface area contributed by atoms with Gasteiger partial charge >= 0.3 is 5.97 Å². The van der Waals surface area contributed by atoms with Crippen molar-refractivity contribution in [3.63, 3.8) is 0 Å². The minimum atomic E-state index is -0.762. The van der Waals surface area contributed by atoms with E-state index in [1.807, 2.05) is 0 Å². The monoisotopic (exact) mass is 320 g/mol. The number of ether oxygens (including phenoxy) is 1. The normalized spacial score (nSPS) is 11.1. The zero-order chi connectivity index (χ0) is 15.3. The van der Waals surface area contributed by atoms with Crippen molar-refractivity contribution in [3.8, 4) is 0 Å². The third-order valence-electron chi connectivity index (χ3n) is 2.37. The largest absolute Gasteiger partial charge is 0.460 e. The van der Waals surface area contributed by atoms with Crippen molar-refractivity contribution < 1.29 is 19.4 Å². The molecule has 1 rings (SSSR count). The second-order valence-corrected chi connectivity index (χ2v) is 3.87. The number of non-ortho nitro benzene ring substituents is 2. The van der Waals surface area contributed by atoms with Gasteiger partial charge in [-0.3, -0.25) is 30.9 Å². The molecule has 0 saturated carbocycles. The molecule has 0 spiro atoms. The molecule has 21 heavy (non-hydrogen) atoms.